The van der Waals surface area contributed by atoms with Gasteiger partial charge in [-0.3, -0.25) is 14.4 Å². The first-order chi connectivity index (χ1) is 20.1. The lowest BCUT2D eigenvalue weighted by Crippen LogP contribution is -2.54. The Morgan fingerprint density at radius 2 is 1.90 bits per heavy atom. The van der Waals surface area contributed by atoms with Crippen LogP contribution in [-0.4, -0.2) is 77.5 Å². The molecule has 2 amide bonds. The number of halogens is 2. The van der Waals surface area contributed by atoms with Gasteiger partial charge >= 0.3 is 0 Å². The van der Waals surface area contributed by atoms with Crippen LogP contribution in [0.2, 0.25) is 5.02 Å². The maximum absolute atomic E-state index is 13.6. The summed E-state index contributed by atoms with van der Waals surface area (Å²) in [6, 6.07) is 9.16. The third kappa shape index (κ3) is 9.00. The van der Waals surface area contributed by atoms with E-state index in [0.717, 1.165) is 5.56 Å². The molecule has 2 aromatic carbocycles. The van der Waals surface area contributed by atoms with Crippen LogP contribution in [0.4, 0.5) is 0 Å². The molecule has 0 aromatic heterocycles. The first kappa shape index (κ1) is 33.5. The SMILES string of the molecule is COc1cc(C=O)cc(I)c1O[C@H]1C=C(C(=O)NCCO)C[C@@H](N(Cc2ccc(Cl)cc2)C(=O)CCCC(C)=O)[C@@H]1O. The van der Waals surface area contributed by atoms with Crippen molar-refractivity contribution in [2.45, 2.75) is 57.4 Å². The van der Waals surface area contributed by atoms with E-state index in [2.05, 4.69) is 5.32 Å². The van der Waals surface area contributed by atoms with E-state index >= 15 is 0 Å². The van der Waals surface area contributed by atoms with Gasteiger partial charge in [-0.05, 0) is 71.8 Å². The second-order valence-electron chi connectivity index (χ2n) is 9.87. The zero-order chi connectivity index (χ0) is 30.8. The average Bonchev–Trinajstić information content (AvgIpc) is 2.97. The molecule has 0 aliphatic heterocycles. The van der Waals surface area contributed by atoms with Crippen molar-refractivity contribution < 1.29 is 38.9 Å². The maximum Gasteiger partial charge on any atom is 0.247 e. The predicted octanol–water partition coefficient (Wildman–Crippen LogP) is 3.47. The number of ketones is 1. The molecule has 1 aliphatic carbocycles. The summed E-state index contributed by atoms with van der Waals surface area (Å²) in [5.74, 6) is -0.280. The van der Waals surface area contributed by atoms with E-state index in [1.165, 1.54) is 31.1 Å². The van der Waals surface area contributed by atoms with Crippen LogP contribution in [0.25, 0.3) is 0 Å². The minimum Gasteiger partial charge on any atom is -0.493 e. The lowest BCUT2D eigenvalue weighted by molar-refractivity contribution is -0.139. The number of aliphatic hydroxyl groups excluding tert-OH is 2. The van der Waals surface area contributed by atoms with Crippen LogP contribution < -0.4 is 14.8 Å². The number of nitrogens with zero attached hydrogens (tertiary/aromatic N) is 1. The van der Waals surface area contributed by atoms with Gasteiger partial charge in [-0.2, -0.15) is 0 Å². The zero-order valence-corrected chi connectivity index (χ0v) is 26.3. The molecule has 2 aromatic rings. The first-order valence-electron chi connectivity index (χ1n) is 13.4. The van der Waals surface area contributed by atoms with Gasteiger partial charge in [0.25, 0.3) is 0 Å². The Morgan fingerprint density at radius 3 is 2.52 bits per heavy atom. The van der Waals surface area contributed by atoms with E-state index in [9.17, 15) is 29.4 Å². The Morgan fingerprint density at radius 1 is 1.19 bits per heavy atom. The van der Waals surface area contributed by atoms with E-state index in [0.29, 0.717) is 26.9 Å². The highest BCUT2D eigenvalue weighted by atomic mass is 127. The lowest BCUT2D eigenvalue weighted by atomic mass is 9.87. The number of amides is 2. The van der Waals surface area contributed by atoms with Gasteiger partial charge in [-0.1, -0.05) is 23.7 Å². The fourth-order valence-corrected chi connectivity index (χ4v) is 5.53. The van der Waals surface area contributed by atoms with Crippen LogP contribution in [0.3, 0.4) is 0 Å². The van der Waals surface area contributed by atoms with Gasteiger partial charge in [-0.25, -0.2) is 0 Å². The number of Topliss-reactive ketones (excluding diaryl/α,β-unsaturated/α-hetero) is 1. The van der Waals surface area contributed by atoms with Crippen LogP contribution in [0.5, 0.6) is 11.5 Å². The molecule has 0 bridgehead atoms. The number of methoxy groups -OCH3 is 1. The van der Waals surface area contributed by atoms with E-state index in [4.69, 9.17) is 21.1 Å². The summed E-state index contributed by atoms with van der Waals surface area (Å²) in [6.07, 6.45) is 0.484. The van der Waals surface area contributed by atoms with Crippen LogP contribution in [0.15, 0.2) is 48.0 Å². The number of carbonyl (C=O) groups is 4. The van der Waals surface area contributed by atoms with Gasteiger partial charge < -0.3 is 34.7 Å². The van der Waals surface area contributed by atoms with Crippen LogP contribution in [0, 0.1) is 3.57 Å². The van der Waals surface area contributed by atoms with Gasteiger partial charge in [0.05, 0.1) is 23.3 Å². The Bertz CT molecular complexity index is 1320. The van der Waals surface area contributed by atoms with Crippen molar-refractivity contribution in [2.24, 2.45) is 0 Å². The summed E-state index contributed by atoms with van der Waals surface area (Å²) in [6.45, 7) is 1.33. The Labute approximate surface area is 263 Å². The molecule has 0 fully saturated rings. The van der Waals surface area contributed by atoms with Crippen molar-refractivity contribution in [3.63, 3.8) is 0 Å². The minimum absolute atomic E-state index is 0.0165. The van der Waals surface area contributed by atoms with Crippen LogP contribution in [0.1, 0.15) is 48.5 Å². The molecule has 1 aliphatic rings. The highest BCUT2D eigenvalue weighted by molar-refractivity contribution is 14.1. The summed E-state index contributed by atoms with van der Waals surface area (Å²) in [5, 5.41) is 24.0. The van der Waals surface area contributed by atoms with Gasteiger partial charge in [0.2, 0.25) is 11.8 Å². The molecule has 42 heavy (non-hydrogen) atoms. The van der Waals surface area contributed by atoms with Gasteiger partial charge in [0.1, 0.15) is 24.3 Å². The molecule has 3 rings (SSSR count). The predicted molar refractivity (Wildman–Crippen MR) is 165 cm³/mol. The van der Waals surface area contributed by atoms with Gasteiger partial charge in [0, 0.05) is 48.5 Å². The topological polar surface area (TPSA) is 142 Å². The fourth-order valence-electron chi connectivity index (χ4n) is 4.65. The molecule has 0 saturated heterocycles. The highest BCUT2D eigenvalue weighted by Crippen LogP contribution is 2.37. The number of hydrogen-bond donors (Lipinski definition) is 3. The standard InChI is InChI=1S/C30H34ClIN2O8/c1-18(37)4-3-5-27(38)34(16-19-6-8-22(31)9-7-19)24-14-21(30(40)33-10-11-35)15-25(28(24)39)42-29-23(32)12-20(17-36)13-26(29)41-2/h6-9,12-13,15,17,24-25,28,35,39H,3-5,10-11,14,16H2,1-2H3,(H,33,40)/t24-,25+,28+/m1/s1. The number of aldehydes is 1. The van der Waals surface area contributed by atoms with E-state index in [1.807, 2.05) is 22.6 Å². The van der Waals surface area contributed by atoms with Gasteiger partial charge in [0.15, 0.2) is 11.5 Å². The first-order valence-corrected chi connectivity index (χ1v) is 14.8. The molecule has 3 N–H and O–H groups in total. The van der Waals surface area contributed by atoms with Crippen molar-refractivity contribution >= 4 is 58.1 Å². The maximum atomic E-state index is 13.6. The fraction of sp³-hybridized carbons (Fsp3) is 0.400. The van der Waals surface area contributed by atoms with Crippen molar-refractivity contribution in [3.8, 4) is 11.5 Å². The summed E-state index contributed by atoms with van der Waals surface area (Å²) >= 11 is 8.05. The van der Waals surface area contributed by atoms with E-state index in [-0.39, 0.29) is 67.7 Å². The number of ether oxygens (including phenoxy) is 2. The van der Waals surface area contributed by atoms with Crippen molar-refractivity contribution in [2.75, 3.05) is 20.3 Å². The molecular formula is C30H34ClIN2O8. The summed E-state index contributed by atoms with van der Waals surface area (Å²) in [4.78, 5) is 51.1. The smallest absolute Gasteiger partial charge is 0.247 e. The lowest BCUT2D eigenvalue weighted by Gasteiger charge is -2.41. The molecular weight excluding hydrogens is 679 g/mol. The molecule has 0 unspecified atom stereocenters. The Balaban J connectivity index is 2.03. The molecule has 12 heteroatoms. The summed E-state index contributed by atoms with van der Waals surface area (Å²) in [5.41, 5.74) is 1.39. The molecule has 0 spiro atoms. The molecule has 0 radical (unpaired) electrons. The quantitative estimate of drug-likeness (QED) is 0.200. The van der Waals surface area contributed by atoms with Gasteiger partial charge in [-0.15, -0.1) is 0 Å². The van der Waals surface area contributed by atoms with Crippen molar-refractivity contribution in [1.29, 1.82) is 0 Å². The monoisotopic (exact) mass is 712 g/mol. The van der Waals surface area contributed by atoms with Crippen molar-refractivity contribution in [3.05, 3.63) is 67.8 Å². The normalized spacial score (nSPS) is 18.0. The van der Waals surface area contributed by atoms with E-state index in [1.54, 1.807) is 30.3 Å². The molecule has 226 valence electrons. The Hall–Kier alpha value is -3.00. The number of carbonyl (C=O) groups excluding carboxylic acids is 4. The number of benzene rings is 2. The number of hydrogen-bond acceptors (Lipinski definition) is 8. The minimum atomic E-state index is -1.27. The highest BCUT2D eigenvalue weighted by Gasteiger charge is 2.41. The largest absolute Gasteiger partial charge is 0.493 e. The number of nitrogens with one attached hydrogen (secondary N) is 1. The number of aliphatic hydroxyl groups is 2. The zero-order valence-electron chi connectivity index (χ0n) is 23.3. The second kappa shape index (κ2) is 16.0. The third-order valence-corrected chi connectivity index (χ3v) is 7.82. The number of rotatable bonds is 14. The average molecular weight is 713 g/mol. The molecule has 10 nitrogen and oxygen atoms in total. The van der Waals surface area contributed by atoms with Crippen LogP contribution in [-0.2, 0) is 20.9 Å². The second-order valence-corrected chi connectivity index (χ2v) is 11.5. The molecule has 3 atom stereocenters. The third-order valence-electron chi connectivity index (χ3n) is 6.76. The summed E-state index contributed by atoms with van der Waals surface area (Å²) in [7, 11) is 1.42. The summed E-state index contributed by atoms with van der Waals surface area (Å²) < 4.78 is 12.2. The van der Waals surface area contributed by atoms with Crippen molar-refractivity contribution in [1.82, 2.24) is 10.2 Å². The Kier molecular flexibility index (Phi) is 12.8. The molecule has 0 saturated carbocycles. The van der Waals surface area contributed by atoms with Crippen LogP contribution >= 0.6 is 34.2 Å². The molecule has 0 heterocycles. The van der Waals surface area contributed by atoms with E-state index < -0.39 is 24.2 Å².